The molecule has 0 heterocycles. The Labute approximate surface area is 145 Å². The van der Waals surface area contributed by atoms with E-state index in [0.717, 1.165) is 12.8 Å². The Balaban J connectivity index is 2.08. The lowest BCUT2D eigenvalue weighted by Crippen LogP contribution is -2.04. The minimum absolute atomic E-state index is 0.129. The lowest BCUT2D eigenvalue weighted by molar-refractivity contribution is 0.0692. The summed E-state index contributed by atoms with van der Waals surface area (Å²) < 4.78 is 5.59. The number of rotatable bonds is 13. The van der Waals surface area contributed by atoms with Crippen molar-refractivity contribution in [1.29, 1.82) is 0 Å². The normalized spacial score (nSPS) is 10.7. The van der Waals surface area contributed by atoms with Crippen molar-refractivity contribution in [2.45, 2.75) is 71.1 Å². The number of hydrogen-bond donors (Lipinski definition) is 1. The van der Waals surface area contributed by atoms with E-state index in [1.165, 1.54) is 57.4 Å². The molecule has 0 unspecified atom stereocenters. The Bertz CT molecular complexity index is 460. The molecule has 0 radical (unpaired) electrons. The van der Waals surface area contributed by atoms with Crippen molar-refractivity contribution >= 4 is 17.6 Å². The van der Waals surface area contributed by atoms with Crippen LogP contribution in [0.3, 0.4) is 0 Å². The summed E-state index contributed by atoms with van der Waals surface area (Å²) in [5.41, 5.74) is 0.129. The van der Waals surface area contributed by atoms with Gasteiger partial charge in [-0.1, -0.05) is 76.3 Å². The van der Waals surface area contributed by atoms with E-state index in [2.05, 4.69) is 6.92 Å². The molecular weight excluding hydrogens is 312 g/mol. The lowest BCUT2D eigenvalue weighted by atomic mass is 10.1. The summed E-state index contributed by atoms with van der Waals surface area (Å²) >= 11 is 5.81. The topological polar surface area (TPSA) is 46.5 Å². The van der Waals surface area contributed by atoms with Crippen molar-refractivity contribution in [3.8, 4) is 5.75 Å². The highest BCUT2D eigenvalue weighted by molar-refractivity contribution is 6.31. The van der Waals surface area contributed by atoms with Crippen LogP contribution in [-0.4, -0.2) is 17.7 Å². The van der Waals surface area contributed by atoms with E-state index in [-0.39, 0.29) is 5.56 Å². The molecule has 0 aliphatic carbocycles. The van der Waals surface area contributed by atoms with E-state index in [1.807, 2.05) is 0 Å². The Morgan fingerprint density at radius 2 is 1.57 bits per heavy atom. The van der Waals surface area contributed by atoms with Crippen molar-refractivity contribution in [2.75, 3.05) is 6.61 Å². The van der Waals surface area contributed by atoms with Crippen LogP contribution in [0.4, 0.5) is 0 Å². The summed E-state index contributed by atoms with van der Waals surface area (Å²) in [6.45, 7) is 2.80. The fourth-order valence-corrected chi connectivity index (χ4v) is 2.74. The first kappa shape index (κ1) is 19.8. The quantitative estimate of drug-likeness (QED) is 0.426. The second-order valence-corrected chi connectivity index (χ2v) is 6.41. The van der Waals surface area contributed by atoms with Gasteiger partial charge in [-0.15, -0.1) is 0 Å². The molecule has 0 bridgehead atoms. The maximum atomic E-state index is 11.1. The summed E-state index contributed by atoms with van der Waals surface area (Å²) in [5.74, 6) is -0.608. The van der Waals surface area contributed by atoms with Gasteiger partial charge in [0.25, 0.3) is 0 Å². The second-order valence-electron chi connectivity index (χ2n) is 5.98. The molecule has 4 heteroatoms. The largest absolute Gasteiger partial charge is 0.493 e. The smallest absolute Gasteiger partial charge is 0.339 e. The third kappa shape index (κ3) is 8.85. The minimum Gasteiger partial charge on any atom is -0.493 e. The average Bonchev–Trinajstić information content (AvgIpc) is 2.53. The Kier molecular flexibility index (Phi) is 10.5. The summed E-state index contributed by atoms with van der Waals surface area (Å²) in [7, 11) is 0. The highest BCUT2D eigenvalue weighted by atomic mass is 35.5. The molecule has 0 fully saturated rings. The van der Waals surface area contributed by atoms with Crippen LogP contribution >= 0.6 is 11.6 Å². The van der Waals surface area contributed by atoms with Gasteiger partial charge in [-0.05, 0) is 24.6 Å². The molecule has 23 heavy (non-hydrogen) atoms. The SMILES string of the molecule is CCCCCCCCCCCCOc1ccc(Cl)cc1C(=O)O. The molecule has 0 saturated carbocycles. The van der Waals surface area contributed by atoms with E-state index < -0.39 is 5.97 Å². The standard InChI is InChI=1S/C19H29ClO3/c1-2-3-4-5-6-7-8-9-10-11-14-23-18-13-12-16(20)15-17(18)19(21)22/h12-13,15H,2-11,14H2,1H3,(H,21,22). The Morgan fingerprint density at radius 3 is 2.13 bits per heavy atom. The number of unbranched alkanes of at least 4 members (excludes halogenated alkanes) is 9. The third-order valence-corrected chi connectivity index (χ3v) is 4.16. The second kappa shape index (κ2) is 12.2. The van der Waals surface area contributed by atoms with Crippen molar-refractivity contribution in [1.82, 2.24) is 0 Å². The van der Waals surface area contributed by atoms with Gasteiger partial charge in [0, 0.05) is 5.02 Å². The van der Waals surface area contributed by atoms with Gasteiger partial charge in [-0.3, -0.25) is 0 Å². The van der Waals surface area contributed by atoms with Gasteiger partial charge in [0.05, 0.1) is 6.61 Å². The maximum Gasteiger partial charge on any atom is 0.339 e. The molecule has 1 rings (SSSR count). The van der Waals surface area contributed by atoms with Crippen LogP contribution in [0.5, 0.6) is 5.75 Å². The van der Waals surface area contributed by atoms with Gasteiger partial charge in [0.1, 0.15) is 11.3 Å². The molecular formula is C19H29ClO3. The van der Waals surface area contributed by atoms with Gasteiger partial charge < -0.3 is 9.84 Å². The van der Waals surface area contributed by atoms with Gasteiger partial charge in [0.2, 0.25) is 0 Å². The van der Waals surface area contributed by atoms with Crippen LogP contribution in [0.25, 0.3) is 0 Å². The Hall–Kier alpha value is -1.22. The molecule has 0 aromatic heterocycles. The molecule has 0 spiro atoms. The highest BCUT2D eigenvalue weighted by Gasteiger charge is 2.11. The number of hydrogen-bond acceptors (Lipinski definition) is 2. The molecule has 130 valence electrons. The fraction of sp³-hybridized carbons (Fsp3) is 0.632. The predicted octanol–water partition coefficient (Wildman–Crippen LogP) is 6.34. The van der Waals surface area contributed by atoms with E-state index >= 15 is 0 Å². The highest BCUT2D eigenvalue weighted by Crippen LogP contribution is 2.23. The van der Waals surface area contributed by atoms with Crippen LogP contribution in [0.15, 0.2) is 18.2 Å². The first-order chi connectivity index (χ1) is 11.1. The first-order valence-corrected chi connectivity index (χ1v) is 9.18. The average molecular weight is 341 g/mol. The summed E-state index contributed by atoms with van der Waals surface area (Å²) in [6, 6.07) is 4.71. The fourth-order valence-electron chi connectivity index (χ4n) is 2.57. The van der Waals surface area contributed by atoms with Crippen LogP contribution in [0.1, 0.15) is 81.5 Å². The van der Waals surface area contributed by atoms with E-state index in [9.17, 15) is 4.79 Å². The number of carboxylic acids is 1. The van der Waals surface area contributed by atoms with Gasteiger partial charge >= 0.3 is 5.97 Å². The van der Waals surface area contributed by atoms with Crippen LogP contribution in [-0.2, 0) is 0 Å². The molecule has 0 saturated heterocycles. The lowest BCUT2D eigenvalue weighted by Gasteiger charge is -2.09. The van der Waals surface area contributed by atoms with Crippen LogP contribution < -0.4 is 4.74 Å². The number of carboxylic acid groups (broad SMARTS) is 1. The molecule has 0 aliphatic heterocycles. The zero-order valence-electron chi connectivity index (χ0n) is 14.2. The molecule has 0 amide bonds. The molecule has 1 aromatic rings. The third-order valence-electron chi connectivity index (χ3n) is 3.93. The molecule has 1 N–H and O–H groups in total. The number of benzene rings is 1. The summed E-state index contributed by atoms with van der Waals surface area (Å²) in [6.07, 6.45) is 12.7. The van der Waals surface area contributed by atoms with Crippen molar-refractivity contribution in [2.24, 2.45) is 0 Å². The van der Waals surface area contributed by atoms with Crippen LogP contribution in [0, 0.1) is 0 Å². The maximum absolute atomic E-state index is 11.1. The van der Waals surface area contributed by atoms with Crippen molar-refractivity contribution in [3.05, 3.63) is 28.8 Å². The van der Waals surface area contributed by atoms with Gasteiger partial charge in [0.15, 0.2) is 0 Å². The number of carbonyl (C=O) groups is 1. The van der Waals surface area contributed by atoms with Gasteiger partial charge in [-0.25, -0.2) is 4.79 Å². The van der Waals surface area contributed by atoms with Crippen LogP contribution in [0.2, 0.25) is 5.02 Å². The minimum atomic E-state index is -1.01. The van der Waals surface area contributed by atoms with Gasteiger partial charge in [-0.2, -0.15) is 0 Å². The van der Waals surface area contributed by atoms with Crippen molar-refractivity contribution < 1.29 is 14.6 Å². The van der Waals surface area contributed by atoms with E-state index in [1.54, 1.807) is 12.1 Å². The summed E-state index contributed by atoms with van der Waals surface area (Å²) in [4.78, 5) is 11.1. The van der Waals surface area contributed by atoms with Crippen molar-refractivity contribution in [3.63, 3.8) is 0 Å². The Morgan fingerprint density at radius 1 is 1.00 bits per heavy atom. The zero-order valence-corrected chi connectivity index (χ0v) is 14.9. The monoisotopic (exact) mass is 340 g/mol. The van der Waals surface area contributed by atoms with E-state index in [0.29, 0.717) is 17.4 Å². The number of aromatic carboxylic acids is 1. The first-order valence-electron chi connectivity index (χ1n) is 8.80. The molecule has 0 aliphatic rings. The number of halogens is 1. The number of ether oxygens (including phenoxy) is 1. The molecule has 3 nitrogen and oxygen atoms in total. The molecule has 0 atom stereocenters. The molecule has 1 aromatic carbocycles. The zero-order chi connectivity index (χ0) is 16.9. The summed E-state index contributed by atoms with van der Waals surface area (Å²) in [5, 5.41) is 9.54. The predicted molar refractivity (Wildman–Crippen MR) is 95.8 cm³/mol. The van der Waals surface area contributed by atoms with E-state index in [4.69, 9.17) is 21.4 Å².